The van der Waals surface area contributed by atoms with Gasteiger partial charge in [0.2, 0.25) is 0 Å². The number of carbonyl (C=O) groups excluding carboxylic acids is 2. The number of carboxylic acid groups (broad SMARTS) is 1. The van der Waals surface area contributed by atoms with Crippen LogP contribution in [0.25, 0.3) is 21.5 Å². The summed E-state index contributed by atoms with van der Waals surface area (Å²) in [5, 5.41) is 14.8. The Balaban J connectivity index is 0.000000297. The number of alkyl halides is 1. The quantitative estimate of drug-likeness (QED) is 0.265. The summed E-state index contributed by atoms with van der Waals surface area (Å²) < 4.78 is 20.3. The van der Waals surface area contributed by atoms with Crippen LogP contribution in [0.3, 0.4) is 0 Å². The van der Waals surface area contributed by atoms with Crippen molar-refractivity contribution >= 4 is 45.1 Å². The van der Waals surface area contributed by atoms with E-state index in [1.54, 1.807) is 33.2 Å². The van der Waals surface area contributed by atoms with E-state index in [2.05, 4.69) is 21.4 Å². The van der Waals surface area contributed by atoms with Gasteiger partial charge in [0.15, 0.2) is 0 Å². The molecule has 0 atom stereocenters. The number of hydrogen-bond donors (Lipinski definition) is 3. The molecule has 0 aliphatic heterocycles. The number of carboxylic acids is 1. The molecular weight excluding hydrogens is 515 g/mol. The number of aliphatic carboxylic acids is 1. The van der Waals surface area contributed by atoms with E-state index in [1.165, 1.54) is 0 Å². The van der Waals surface area contributed by atoms with Gasteiger partial charge in [-0.25, -0.2) is 4.79 Å². The summed E-state index contributed by atoms with van der Waals surface area (Å²) in [6, 6.07) is 15.8. The Morgan fingerprint density at radius 3 is 2.05 bits per heavy atom. The van der Waals surface area contributed by atoms with Crippen LogP contribution in [-0.2, 0) is 20.7 Å². The number of fused-ring (bicyclic) bond motifs is 2. The van der Waals surface area contributed by atoms with Crippen LogP contribution >= 0.6 is 0 Å². The summed E-state index contributed by atoms with van der Waals surface area (Å²) in [7, 11) is -1.00. The number of nitrogens with one attached hydrogen (secondary N) is 1. The summed E-state index contributed by atoms with van der Waals surface area (Å²) in [4.78, 5) is 40.1. The first-order valence-electron chi connectivity index (χ1n) is 13.1. The zero-order valence-corrected chi connectivity index (χ0v) is 23.2. The van der Waals surface area contributed by atoms with E-state index in [0.717, 1.165) is 32.8 Å². The monoisotopic (exact) mass is 553 g/mol. The molecule has 10 heteroatoms. The molecule has 0 aliphatic rings. The van der Waals surface area contributed by atoms with Gasteiger partial charge in [-0.3, -0.25) is 23.9 Å². The molecule has 0 aliphatic carbocycles. The summed E-state index contributed by atoms with van der Waals surface area (Å²) in [5.41, 5.74) is 6.89. The highest BCUT2D eigenvalue weighted by Crippen LogP contribution is 2.16. The van der Waals surface area contributed by atoms with Crippen LogP contribution in [0.15, 0.2) is 73.3 Å². The van der Waals surface area contributed by atoms with Gasteiger partial charge in [0.1, 0.15) is 17.9 Å². The van der Waals surface area contributed by atoms with Crippen LogP contribution in [0.4, 0.5) is 14.9 Å². The molecule has 4 aromatic rings. The van der Waals surface area contributed by atoms with Crippen molar-refractivity contribution in [3.8, 4) is 0 Å². The number of carbonyl (C=O) groups is 3. The van der Waals surface area contributed by atoms with Crippen molar-refractivity contribution in [2.24, 2.45) is 0 Å². The number of ketones is 1. The largest absolute Gasteiger partial charge is 0.480 e. The molecule has 0 radical (unpaired) electrons. The first-order valence-corrected chi connectivity index (χ1v) is 12.4. The second-order valence-corrected chi connectivity index (χ2v) is 9.36. The minimum Gasteiger partial charge on any atom is -0.480 e. The second kappa shape index (κ2) is 17.1. The van der Waals surface area contributed by atoms with Gasteiger partial charge in [0, 0.05) is 54.1 Å². The number of nitrogens with two attached hydrogens (primary N) is 1. The number of nitrogens with zero attached hydrogens (tertiary/aromatic N) is 2. The molecule has 0 unspecified atom stereocenters. The van der Waals surface area contributed by atoms with Crippen molar-refractivity contribution in [3.63, 3.8) is 0 Å². The lowest BCUT2D eigenvalue weighted by atomic mass is 10.0. The number of aromatic nitrogens is 2. The fourth-order valence-electron chi connectivity index (χ4n) is 3.16. The fraction of sp³-hybridized carbons (Fsp3) is 0.300. The maximum absolute atomic E-state index is 11.3. The van der Waals surface area contributed by atoms with Crippen molar-refractivity contribution in [3.05, 3.63) is 78.9 Å². The van der Waals surface area contributed by atoms with Crippen molar-refractivity contribution in [1.82, 2.24) is 15.3 Å². The molecule has 0 spiro atoms. The molecule has 0 saturated carbocycles. The average Bonchev–Trinajstić information content (AvgIpc) is 2.92. The van der Waals surface area contributed by atoms with Gasteiger partial charge in [-0.05, 0) is 61.4 Å². The Morgan fingerprint density at radius 2 is 1.52 bits per heavy atom. The number of ether oxygens (including phenoxy) is 1. The second-order valence-electron chi connectivity index (χ2n) is 9.36. The number of benzene rings is 2. The highest BCUT2D eigenvalue weighted by atomic mass is 19.1. The Hall–Kier alpha value is -4.60. The molecule has 2 aromatic carbocycles. The van der Waals surface area contributed by atoms with E-state index in [1.807, 2.05) is 61.8 Å². The summed E-state index contributed by atoms with van der Waals surface area (Å²) in [6.07, 6.45) is 7.62. The highest BCUT2D eigenvalue weighted by molar-refractivity contribution is 5.86. The van der Waals surface area contributed by atoms with E-state index in [4.69, 9.17) is 16.9 Å². The molecule has 0 saturated heterocycles. The number of rotatable bonds is 5. The van der Waals surface area contributed by atoms with E-state index >= 15 is 0 Å². The van der Waals surface area contributed by atoms with Crippen LogP contribution in [0.1, 0.15) is 41.0 Å². The molecule has 4 N–H and O–H groups in total. The van der Waals surface area contributed by atoms with Crippen LogP contribution in [0, 0.1) is 0 Å². The molecule has 0 bridgehead atoms. The number of anilines is 1. The van der Waals surface area contributed by atoms with Gasteiger partial charge in [0.05, 0.1) is 8.52 Å². The maximum atomic E-state index is 11.3. The van der Waals surface area contributed by atoms with Gasteiger partial charge >= 0.3 is 12.1 Å². The van der Waals surface area contributed by atoms with Gasteiger partial charge in [0.25, 0.3) is 0 Å². The highest BCUT2D eigenvalue weighted by Gasteiger charge is 2.16. The minimum absolute atomic E-state index is 0.281. The zero-order chi connectivity index (χ0) is 30.8. The number of nitrogen functional groups attached to an aromatic ring is 1. The van der Waals surface area contributed by atoms with E-state index < -0.39 is 31.4 Å². The molecule has 1 amide bonds. The molecule has 4 rings (SSSR count). The van der Waals surface area contributed by atoms with Crippen LogP contribution in [0.2, 0.25) is 0 Å². The summed E-state index contributed by atoms with van der Waals surface area (Å²) in [5.74, 6) is -0.815. The molecule has 40 heavy (non-hydrogen) atoms. The van der Waals surface area contributed by atoms with Crippen molar-refractivity contribution in [2.45, 2.75) is 46.1 Å². The van der Waals surface area contributed by atoms with E-state index in [-0.39, 0.29) is 5.78 Å². The summed E-state index contributed by atoms with van der Waals surface area (Å²) in [6.45, 7) is 6.58. The number of pyridine rings is 2. The number of halogens is 1. The molecule has 0 fully saturated rings. The van der Waals surface area contributed by atoms with Crippen molar-refractivity contribution in [2.75, 3.05) is 19.4 Å². The Morgan fingerprint density at radius 1 is 0.975 bits per heavy atom. The number of hydrogen-bond acceptors (Lipinski definition) is 7. The van der Waals surface area contributed by atoms with Gasteiger partial charge in [-0.1, -0.05) is 31.2 Å². The predicted molar refractivity (Wildman–Crippen MR) is 156 cm³/mol. The van der Waals surface area contributed by atoms with Gasteiger partial charge in [-0.15, -0.1) is 0 Å². The lowest BCUT2D eigenvalue weighted by molar-refractivity contribution is -0.136. The van der Waals surface area contributed by atoms with Gasteiger partial charge < -0.3 is 20.9 Å². The molecular formula is C30H37FN4O5. The molecule has 9 nitrogen and oxygen atoms in total. The predicted octanol–water partition coefficient (Wildman–Crippen LogP) is 5.75. The zero-order valence-electron chi connectivity index (χ0n) is 24.2. The summed E-state index contributed by atoms with van der Waals surface area (Å²) >= 11 is 0. The Kier molecular flexibility index (Phi) is 13.5. The lowest BCUT2D eigenvalue weighted by Gasteiger charge is -2.19. The van der Waals surface area contributed by atoms with Crippen molar-refractivity contribution < 1.29 is 30.0 Å². The molecule has 2 aromatic heterocycles. The first-order chi connectivity index (χ1) is 19.4. The third-order valence-electron chi connectivity index (χ3n) is 4.95. The molecule has 2 heterocycles. The Bertz CT molecular complexity index is 1410. The number of alkyl carbamates (subject to hydrolysis) is 1. The van der Waals surface area contributed by atoms with E-state index in [9.17, 15) is 18.8 Å². The van der Waals surface area contributed by atoms with Crippen LogP contribution in [0.5, 0.6) is 0 Å². The fourth-order valence-corrected chi connectivity index (χ4v) is 3.16. The van der Waals surface area contributed by atoms with Crippen molar-refractivity contribution in [1.29, 1.82) is 0 Å². The SMILES string of the molecule is CC(C)(C)OC(=O)NCC(=O)O.CCC(=O)Cc1ccc2cnccc2c1.Nc1ccc2cnccc2c1.[2H]CF. The normalized spacial score (nSPS) is 10.4. The van der Waals surface area contributed by atoms with Gasteiger partial charge in [-0.2, -0.15) is 0 Å². The van der Waals surface area contributed by atoms with E-state index in [0.29, 0.717) is 12.8 Å². The number of amides is 1. The minimum atomic E-state index is -1.10. The molecule has 214 valence electrons. The average molecular weight is 554 g/mol. The smallest absolute Gasteiger partial charge is 0.408 e. The Labute approximate surface area is 235 Å². The standard InChI is InChI=1S/C13H13NO.C9H8N2.C7H13NO4.CH3F/c1-2-13(15)8-10-3-4-12-9-14-6-5-11(12)7-10;10-9-2-1-8-6-11-4-3-7(8)5-9;1-7(2,3)12-6(11)8-4-5(9)10;1-2/h3-7,9H,2,8H2,1H3;1-6H,10H2;4H2,1-3H3,(H,8,11)(H,9,10);1H3/i;;;1D. The number of Topliss-reactive ketones (excluding diaryl/α,β-unsaturated/α-hetero) is 1. The topological polar surface area (TPSA) is 144 Å². The van der Waals surface area contributed by atoms with Crippen LogP contribution in [-0.4, -0.2) is 52.2 Å². The lowest BCUT2D eigenvalue weighted by Crippen LogP contribution is -2.35. The van der Waals surface area contributed by atoms with Crippen LogP contribution < -0.4 is 11.1 Å². The third kappa shape index (κ3) is 13.3. The third-order valence-corrected chi connectivity index (χ3v) is 4.95. The first kappa shape index (κ1) is 31.6. The maximum Gasteiger partial charge on any atom is 0.408 e.